The number of hydrogen-bond acceptors (Lipinski definition) is 4. The number of nitrogens with zero attached hydrogens (tertiary/aromatic N) is 1. The molecule has 16 heavy (non-hydrogen) atoms. The highest BCUT2D eigenvalue weighted by molar-refractivity contribution is 9.11. The van der Waals surface area contributed by atoms with E-state index in [1.165, 1.54) is 4.21 Å². The number of hydrogen-bond donors (Lipinski definition) is 2. The van der Waals surface area contributed by atoms with Gasteiger partial charge in [0.15, 0.2) is 0 Å². The number of H-pyrrole nitrogens is 1. The second kappa shape index (κ2) is 3.61. The predicted molar refractivity (Wildman–Crippen MR) is 67.7 cm³/mol. The summed E-state index contributed by atoms with van der Waals surface area (Å²) in [6.45, 7) is 0. The van der Waals surface area contributed by atoms with Crippen LogP contribution in [0.2, 0.25) is 0 Å². The van der Waals surface area contributed by atoms with Gasteiger partial charge >= 0.3 is 0 Å². The van der Waals surface area contributed by atoms with Gasteiger partial charge in [0.25, 0.3) is 5.91 Å². The molecule has 0 spiro atoms. The molecule has 1 amide bonds. The summed E-state index contributed by atoms with van der Waals surface area (Å²) < 4.78 is 2.29. The highest BCUT2D eigenvalue weighted by atomic mass is 79.9. The van der Waals surface area contributed by atoms with E-state index in [2.05, 4.69) is 26.1 Å². The summed E-state index contributed by atoms with van der Waals surface area (Å²) >= 11 is 6.85. The fraction of sp³-hybridized carbons (Fsp3) is 0.111. The Kier molecular flexibility index (Phi) is 2.34. The van der Waals surface area contributed by atoms with Gasteiger partial charge in [0.05, 0.1) is 13.7 Å². The molecule has 0 atom stereocenters. The minimum absolute atomic E-state index is 0.426. The maximum absolute atomic E-state index is 11.2. The maximum Gasteiger partial charge on any atom is 0.267 e. The molecule has 0 bridgehead atoms. The fourth-order valence-electron chi connectivity index (χ4n) is 1.69. The first kappa shape index (κ1) is 10.4. The lowest BCUT2D eigenvalue weighted by atomic mass is 10.1. The Bertz CT molecular complexity index is 590. The maximum atomic E-state index is 11.2. The monoisotopic (exact) mass is 315 g/mol. The topological polar surface area (TPSA) is 71.8 Å². The molecular formula is C9H6BrN3OS2. The Morgan fingerprint density at radius 3 is 3.19 bits per heavy atom. The van der Waals surface area contributed by atoms with E-state index in [1.54, 1.807) is 23.1 Å². The molecule has 2 aromatic rings. The van der Waals surface area contributed by atoms with Crippen LogP contribution in [-0.4, -0.2) is 16.1 Å². The minimum Gasteiger partial charge on any atom is -0.364 e. The van der Waals surface area contributed by atoms with Crippen molar-refractivity contribution in [2.75, 3.05) is 0 Å². The third-order valence-electron chi connectivity index (χ3n) is 2.38. The number of nitrogens with two attached hydrogens (primary N) is 1. The molecule has 3 heterocycles. The standard InChI is InChI=1S/C9H6BrN3OS2/c10-5-1-3-6-4(2-15-9(3)16-5)7(8(11)14)13-12-6/h1H,2H2,(H2,11,14)(H,12,13). The van der Waals surface area contributed by atoms with E-state index in [0.717, 1.165) is 26.4 Å². The number of thioether (sulfide) groups is 1. The van der Waals surface area contributed by atoms with Crippen molar-refractivity contribution < 1.29 is 4.79 Å². The van der Waals surface area contributed by atoms with Gasteiger partial charge in [-0.25, -0.2) is 0 Å². The normalized spacial score (nSPS) is 13.3. The zero-order valence-electron chi connectivity index (χ0n) is 7.91. The zero-order chi connectivity index (χ0) is 11.3. The zero-order valence-corrected chi connectivity index (χ0v) is 11.1. The summed E-state index contributed by atoms with van der Waals surface area (Å²) in [6, 6.07) is 2.02. The molecule has 0 aromatic carbocycles. The Morgan fingerprint density at radius 2 is 2.44 bits per heavy atom. The van der Waals surface area contributed by atoms with Crippen LogP contribution >= 0.6 is 39.0 Å². The average Bonchev–Trinajstić information content (AvgIpc) is 2.77. The molecule has 0 radical (unpaired) electrons. The molecule has 1 aliphatic heterocycles. The van der Waals surface area contributed by atoms with Gasteiger partial charge in [0, 0.05) is 16.9 Å². The minimum atomic E-state index is -0.452. The average molecular weight is 316 g/mol. The van der Waals surface area contributed by atoms with E-state index in [4.69, 9.17) is 5.73 Å². The summed E-state index contributed by atoms with van der Waals surface area (Å²) in [5, 5.41) is 6.90. The smallest absolute Gasteiger partial charge is 0.267 e. The van der Waals surface area contributed by atoms with Crippen LogP contribution in [0.3, 0.4) is 0 Å². The SMILES string of the molecule is NC(=O)c1[nH]nc2c1CSc1sc(Br)cc1-2. The first-order valence-corrected chi connectivity index (χ1v) is 7.06. The highest BCUT2D eigenvalue weighted by Crippen LogP contribution is 2.47. The van der Waals surface area contributed by atoms with E-state index in [1.807, 2.05) is 6.07 Å². The van der Waals surface area contributed by atoms with Crippen LogP contribution in [0.5, 0.6) is 0 Å². The number of aromatic nitrogens is 2. The van der Waals surface area contributed by atoms with E-state index in [-0.39, 0.29) is 0 Å². The van der Waals surface area contributed by atoms with Gasteiger partial charge < -0.3 is 5.73 Å². The highest BCUT2D eigenvalue weighted by Gasteiger charge is 2.26. The Labute approximate surface area is 108 Å². The molecule has 82 valence electrons. The first-order chi connectivity index (χ1) is 7.66. The van der Waals surface area contributed by atoms with Crippen molar-refractivity contribution in [1.82, 2.24) is 10.2 Å². The van der Waals surface area contributed by atoms with Crippen LogP contribution in [0.1, 0.15) is 16.1 Å². The van der Waals surface area contributed by atoms with Crippen molar-refractivity contribution in [1.29, 1.82) is 0 Å². The van der Waals surface area contributed by atoms with Gasteiger partial charge in [-0.2, -0.15) is 5.10 Å². The molecule has 0 fully saturated rings. The molecule has 3 rings (SSSR count). The Balaban J connectivity index is 2.22. The number of primary amides is 1. The second-order valence-corrected chi connectivity index (χ2v) is 7.01. The third-order valence-corrected chi connectivity index (χ3v) is 5.34. The lowest BCUT2D eigenvalue weighted by Gasteiger charge is -2.10. The lowest BCUT2D eigenvalue weighted by Crippen LogP contribution is -2.13. The molecule has 7 heteroatoms. The van der Waals surface area contributed by atoms with Gasteiger partial charge in [-0.3, -0.25) is 9.89 Å². The van der Waals surface area contributed by atoms with E-state index >= 15 is 0 Å². The van der Waals surface area contributed by atoms with Crippen LogP contribution in [-0.2, 0) is 5.75 Å². The molecule has 2 aromatic heterocycles. The summed E-state index contributed by atoms with van der Waals surface area (Å²) in [5.41, 5.74) is 8.55. The number of rotatable bonds is 1. The summed E-state index contributed by atoms with van der Waals surface area (Å²) in [5.74, 6) is 0.288. The largest absolute Gasteiger partial charge is 0.364 e. The van der Waals surface area contributed by atoms with Crippen LogP contribution in [0.15, 0.2) is 14.1 Å². The second-order valence-electron chi connectivity index (χ2n) is 3.33. The summed E-state index contributed by atoms with van der Waals surface area (Å²) in [7, 11) is 0. The van der Waals surface area contributed by atoms with Crippen molar-refractivity contribution in [3.05, 3.63) is 21.1 Å². The quantitative estimate of drug-likeness (QED) is 0.849. The van der Waals surface area contributed by atoms with Gasteiger partial charge in [0.1, 0.15) is 5.69 Å². The van der Waals surface area contributed by atoms with E-state index < -0.39 is 5.91 Å². The molecular weight excluding hydrogens is 310 g/mol. The van der Waals surface area contributed by atoms with Gasteiger partial charge in [0.2, 0.25) is 0 Å². The van der Waals surface area contributed by atoms with Gasteiger partial charge in [-0.15, -0.1) is 23.1 Å². The fourth-order valence-corrected chi connectivity index (χ4v) is 4.89. The Hall–Kier alpha value is -0.790. The molecule has 0 saturated carbocycles. The van der Waals surface area contributed by atoms with Gasteiger partial charge in [-0.05, 0) is 22.0 Å². The van der Waals surface area contributed by atoms with Crippen LogP contribution in [0, 0.1) is 0 Å². The number of thiophene rings is 1. The summed E-state index contributed by atoms with van der Waals surface area (Å²) in [4.78, 5) is 11.2. The number of carbonyl (C=O) groups is 1. The molecule has 1 aliphatic rings. The van der Waals surface area contributed by atoms with Crippen molar-refractivity contribution >= 4 is 44.9 Å². The summed E-state index contributed by atoms with van der Waals surface area (Å²) in [6.07, 6.45) is 0. The molecule has 0 aliphatic carbocycles. The number of nitrogens with one attached hydrogen (secondary N) is 1. The van der Waals surface area contributed by atoms with Crippen LogP contribution < -0.4 is 5.73 Å². The van der Waals surface area contributed by atoms with Crippen molar-refractivity contribution in [3.8, 4) is 11.3 Å². The number of amides is 1. The van der Waals surface area contributed by atoms with Crippen molar-refractivity contribution in [3.63, 3.8) is 0 Å². The first-order valence-electron chi connectivity index (χ1n) is 4.46. The number of carbonyl (C=O) groups excluding carboxylic acids is 1. The lowest BCUT2D eigenvalue weighted by molar-refractivity contribution is 0.0995. The number of halogens is 1. The molecule has 3 N–H and O–H groups in total. The predicted octanol–water partition coefficient (Wildman–Crippen LogP) is 2.61. The van der Waals surface area contributed by atoms with Crippen molar-refractivity contribution in [2.45, 2.75) is 9.96 Å². The van der Waals surface area contributed by atoms with E-state index in [0.29, 0.717) is 5.69 Å². The number of aromatic amines is 1. The molecule has 0 saturated heterocycles. The van der Waals surface area contributed by atoms with Crippen LogP contribution in [0.25, 0.3) is 11.3 Å². The van der Waals surface area contributed by atoms with E-state index in [9.17, 15) is 4.79 Å². The molecule has 4 nitrogen and oxygen atoms in total. The number of fused-ring (bicyclic) bond motifs is 3. The van der Waals surface area contributed by atoms with Gasteiger partial charge in [-0.1, -0.05) is 0 Å². The Morgan fingerprint density at radius 1 is 1.62 bits per heavy atom. The van der Waals surface area contributed by atoms with Crippen molar-refractivity contribution in [2.24, 2.45) is 5.73 Å². The van der Waals surface area contributed by atoms with Crippen LogP contribution in [0.4, 0.5) is 0 Å². The molecule has 0 unspecified atom stereocenters. The third kappa shape index (κ3) is 1.42.